The number of aryl methyl sites for hydroxylation is 1. The van der Waals surface area contributed by atoms with Gasteiger partial charge in [-0.25, -0.2) is 0 Å². The normalized spacial score (nSPS) is 10.9. The summed E-state index contributed by atoms with van der Waals surface area (Å²) in [5, 5.41) is 5.64. The molecule has 7 heteroatoms. The summed E-state index contributed by atoms with van der Waals surface area (Å²) in [4.78, 5) is 50.6. The lowest BCUT2D eigenvalue weighted by Crippen LogP contribution is -2.18. The highest BCUT2D eigenvalue weighted by Gasteiger charge is 2.17. The molecule has 0 saturated heterocycles. The molecule has 0 fully saturated rings. The number of carbonyl (C=O) groups excluding carboxylic acids is 4. The minimum atomic E-state index is -0.428. The Hall–Kier alpha value is -5.82. The molecule has 5 rings (SSSR count). The van der Waals surface area contributed by atoms with Gasteiger partial charge in [-0.15, -0.1) is 0 Å². The Labute approximate surface area is 255 Å². The molecule has 1 aromatic heterocycles. The fourth-order valence-corrected chi connectivity index (χ4v) is 4.56. The topological polar surface area (TPSA) is 105 Å². The molecule has 0 aliphatic carbocycles. The van der Waals surface area contributed by atoms with Crippen LogP contribution in [-0.4, -0.2) is 23.4 Å². The molecular weight excluding hydrogens is 552 g/mol. The molecule has 0 aliphatic heterocycles. The number of nitrogens with one attached hydrogen (secondary N) is 2. The number of anilines is 2. The van der Waals surface area contributed by atoms with Gasteiger partial charge in [-0.05, 0) is 55.8 Å². The van der Waals surface area contributed by atoms with E-state index in [1.807, 2.05) is 37.3 Å². The van der Waals surface area contributed by atoms with Crippen molar-refractivity contribution in [1.29, 1.82) is 0 Å². The average Bonchev–Trinajstić information content (AvgIpc) is 3.51. The van der Waals surface area contributed by atoms with Crippen LogP contribution in [0.4, 0.5) is 11.4 Å². The first kappa shape index (κ1) is 29.7. The molecule has 44 heavy (non-hydrogen) atoms. The lowest BCUT2D eigenvalue weighted by atomic mass is 10.0. The molecule has 0 unspecified atom stereocenters. The van der Waals surface area contributed by atoms with Gasteiger partial charge in [0.2, 0.25) is 11.8 Å². The van der Waals surface area contributed by atoms with Gasteiger partial charge in [-0.1, -0.05) is 84.4 Å². The summed E-state index contributed by atoms with van der Waals surface area (Å²) in [6.45, 7) is 3.49. The predicted octanol–water partition coefficient (Wildman–Crippen LogP) is 7.52. The standard InChI is InChI=1S/C37H30N2O5/c1-24-8-10-26(11-9-24)22-36(42)39-33-19-16-30(23-32(33)37(43)29-6-4-3-5-7-29)38-35(41)21-18-31-17-20-34(44-31)28-14-12-27(13-15-28)25(2)40/h3-21,23H,22H2,1-2H3,(H,38,41)(H,39,42)/b21-18+. The molecule has 5 aromatic rings. The van der Waals surface area contributed by atoms with Crippen molar-refractivity contribution in [2.75, 3.05) is 10.6 Å². The van der Waals surface area contributed by atoms with Crippen LogP contribution in [0.5, 0.6) is 0 Å². The fourth-order valence-electron chi connectivity index (χ4n) is 4.56. The summed E-state index contributed by atoms with van der Waals surface area (Å²) in [6, 6.07) is 31.8. The van der Waals surface area contributed by atoms with Crippen LogP contribution in [0.1, 0.15) is 50.1 Å². The summed E-state index contributed by atoms with van der Waals surface area (Å²) in [7, 11) is 0. The van der Waals surface area contributed by atoms with E-state index < -0.39 is 5.91 Å². The second kappa shape index (κ2) is 13.4. The molecular formula is C37H30N2O5. The van der Waals surface area contributed by atoms with Crippen molar-refractivity contribution >= 4 is 40.8 Å². The van der Waals surface area contributed by atoms with Crippen LogP contribution < -0.4 is 10.6 Å². The zero-order valence-electron chi connectivity index (χ0n) is 24.3. The molecule has 218 valence electrons. The molecule has 0 saturated carbocycles. The minimum absolute atomic E-state index is 0.0142. The minimum Gasteiger partial charge on any atom is -0.457 e. The van der Waals surface area contributed by atoms with Gasteiger partial charge in [0.25, 0.3) is 0 Å². The van der Waals surface area contributed by atoms with Crippen molar-refractivity contribution in [3.63, 3.8) is 0 Å². The molecule has 0 spiro atoms. The Balaban J connectivity index is 1.30. The molecule has 0 radical (unpaired) electrons. The van der Waals surface area contributed by atoms with Gasteiger partial charge in [0, 0.05) is 34.0 Å². The van der Waals surface area contributed by atoms with Gasteiger partial charge >= 0.3 is 0 Å². The van der Waals surface area contributed by atoms with Crippen LogP contribution in [0.25, 0.3) is 17.4 Å². The van der Waals surface area contributed by atoms with Crippen molar-refractivity contribution in [1.82, 2.24) is 0 Å². The molecule has 2 amide bonds. The lowest BCUT2D eigenvalue weighted by Gasteiger charge is -2.13. The number of rotatable bonds is 10. The smallest absolute Gasteiger partial charge is 0.248 e. The Bertz CT molecular complexity index is 1850. The van der Waals surface area contributed by atoms with Gasteiger partial charge in [0.15, 0.2) is 11.6 Å². The van der Waals surface area contributed by atoms with Gasteiger partial charge in [-0.2, -0.15) is 0 Å². The largest absolute Gasteiger partial charge is 0.457 e. The van der Waals surface area contributed by atoms with E-state index in [9.17, 15) is 19.2 Å². The number of furan rings is 1. The average molecular weight is 583 g/mol. The highest BCUT2D eigenvalue weighted by molar-refractivity contribution is 6.15. The Morgan fingerprint density at radius 2 is 1.48 bits per heavy atom. The first-order valence-electron chi connectivity index (χ1n) is 14.0. The molecule has 0 aliphatic rings. The molecule has 2 N–H and O–H groups in total. The Morgan fingerprint density at radius 3 is 2.18 bits per heavy atom. The number of hydrogen-bond acceptors (Lipinski definition) is 5. The molecule has 4 aromatic carbocycles. The third kappa shape index (κ3) is 7.52. The molecule has 1 heterocycles. The van der Waals surface area contributed by atoms with E-state index >= 15 is 0 Å². The van der Waals surface area contributed by atoms with Gasteiger partial charge < -0.3 is 15.1 Å². The molecule has 7 nitrogen and oxygen atoms in total. The highest BCUT2D eigenvalue weighted by Crippen LogP contribution is 2.26. The number of hydrogen-bond donors (Lipinski definition) is 2. The number of Topliss-reactive ketones (excluding diaryl/α,β-unsaturated/α-hetero) is 1. The maximum Gasteiger partial charge on any atom is 0.248 e. The van der Waals surface area contributed by atoms with E-state index in [1.54, 1.807) is 84.9 Å². The molecule has 0 bridgehead atoms. The van der Waals surface area contributed by atoms with E-state index in [0.29, 0.717) is 34.0 Å². The SMILES string of the molecule is CC(=O)c1ccc(-c2ccc(/C=C/C(=O)Nc3ccc(NC(=O)Cc4ccc(C)cc4)c(C(=O)c4ccccc4)c3)o2)cc1. The second-order valence-corrected chi connectivity index (χ2v) is 10.3. The van der Waals surface area contributed by atoms with Gasteiger partial charge in [0.1, 0.15) is 11.5 Å². The number of benzene rings is 4. The Kier molecular flexibility index (Phi) is 9.06. The number of ketones is 2. The quantitative estimate of drug-likeness (QED) is 0.131. The third-order valence-electron chi connectivity index (χ3n) is 6.93. The van der Waals surface area contributed by atoms with E-state index in [0.717, 1.165) is 16.7 Å². The highest BCUT2D eigenvalue weighted by atomic mass is 16.3. The summed E-state index contributed by atoms with van der Waals surface area (Å²) < 4.78 is 5.83. The number of amides is 2. The van der Waals surface area contributed by atoms with E-state index in [1.165, 1.54) is 13.0 Å². The van der Waals surface area contributed by atoms with Crippen LogP contribution in [0.3, 0.4) is 0 Å². The van der Waals surface area contributed by atoms with Crippen molar-refractivity contribution < 1.29 is 23.6 Å². The van der Waals surface area contributed by atoms with E-state index in [2.05, 4.69) is 10.6 Å². The summed E-state index contributed by atoms with van der Waals surface area (Å²) >= 11 is 0. The maximum atomic E-state index is 13.5. The van der Waals surface area contributed by atoms with Gasteiger partial charge in [0.05, 0.1) is 12.1 Å². The van der Waals surface area contributed by atoms with Crippen molar-refractivity contribution in [3.05, 3.63) is 149 Å². The second-order valence-electron chi connectivity index (χ2n) is 10.3. The van der Waals surface area contributed by atoms with Crippen LogP contribution in [-0.2, 0) is 16.0 Å². The van der Waals surface area contributed by atoms with Crippen LogP contribution in [0.15, 0.2) is 120 Å². The van der Waals surface area contributed by atoms with Crippen molar-refractivity contribution in [3.8, 4) is 11.3 Å². The molecule has 0 atom stereocenters. The third-order valence-corrected chi connectivity index (χ3v) is 6.93. The van der Waals surface area contributed by atoms with Crippen molar-refractivity contribution in [2.24, 2.45) is 0 Å². The van der Waals surface area contributed by atoms with Crippen molar-refractivity contribution in [2.45, 2.75) is 20.3 Å². The van der Waals surface area contributed by atoms with Gasteiger partial charge in [-0.3, -0.25) is 19.2 Å². The number of carbonyl (C=O) groups is 4. The zero-order chi connectivity index (χ0) is 31.1. The monoisotopic (exact) mass is 582 g/mol. The summed E-state index contributed by atoms with van der Waals surface area (Å²) in [6.07, 6.45) is 3.02. The first-order valence-corrected chi connectivity index (χ1v) is 14.0. The maximum absolute atomic E-state index is 13.5. The zero-order valence-corrected chi connectivity index (χ0v) is 24.3. The van der Waals surface area contributed by atoms with Crippen LogP contribution >= 0.6 is 0 Å². The Morgan fingerprint density at radius 1 is 0.750 bits per heavy atom. The summed E-state index contributed by atoms with van der Waals surface area (Å²) in [5.74, 6) is 0.0787. The van der Waals surface area contributed by atoms with Crippen LogP contribution in [0, 0.1) is 6.92 Å². The van der Waals surface area contributed by atoms with E-state index in [-0.39, 0.29) is 29.5 Å². The predicted molar refractivity (Wildman–Crippen MR) is 172 cm³/mol. The lowest BCUT2D eigenvalue weighted by molar-refractivity contribution is -0.115. The van der Waals surface area contributed by atoms with Crippen LogP contribution in [0.2, 0.25) is 0 Å². The van der Waals surface area contributed by atoms with E-state index in [4.69, 9.17) is 4.42 Å². The summed E-state index contributed by atoms with van der Waals surface area (Å²) in [5.41, 5.74) is 4.82. The fraction of sp³-hybridized carbons (Fsp3) is 0.0811. The first-order chi connectivity index (χ1) is 21.2.